The first kappa shape index (κ1) is 13.3. The second kappa shape index (κ2) is 5.78. The van der Waals surface area contributed by atoms with E-state index in [2.05, 4.69) is 27.7 Å². The van der Waals surface area contributed by atoms with Gasteiger partial charge in [-0.3, -0.25) is 4.90 Å². The summed E-state index contributed by atoms with van der Waals surface area (Å²) in [5, 5.41) is 5.77. The quantitative estimate of drug-likeness (QED) is 0.860. The first-order valence-corrected chi connectivity index (χ1v) is 9.29. The van der Waals surface area contributed by atoms with Crippen molar-refractivity contribution in [2.24, 2.45) is 11.8 Å². The van der Waals surface area contributed by atoms with Gasteiger partial charge in [0.05, 0.1) is 0 Å². The molecule has 2 saturated carbocycles. The molecule has 1 unspecified atom stereocenters. The van der Waals surface area contributed by atoms with Crippen LogP contribution in [0.25, 0.3) is 0 Å². The van der Waals surface area contributed by atoms with Crippen molar-refractivity contribution in [2.75, 3.05) is 19.6 Å². The van der Waals surface area contributed by atoms with E-state index in [-0.39, 0.29) is 0 Å². The molecule has 4 rings (SSSR count). The van der Waals surface area contributed by atoms with Crippen LogP contribution in [0, 0.1) is 11.8 Å². The third-order valence-corrected chi connectivity index (χ3v) is 6.15. The van der Waals surface area contributed by atoms with Crippen LogP contribution in [0.4, 0.5) is 0 Å². The lowest BCUT2D eigenvalue weighted by atomic mass is 9.96. The molecular weight excluding hydrogens is 264 g/mol. The van der Waals surface area contributed by atoms with Gasteiger partial charge in [-0.25, -0.2) is 0 Å². The molecule has 20 heavy (non-hydrogen) atoms. The van der Waals surface area contributed by atoms with Crippen LogP contribution in [0.15, 0.2) is 17.5 Å². The van der Waals surface area contributed by atoms with Crippen LogP contribution < -0.4 is 5.32 Å². The topological polar surface area (TPSA) is 15.3 Å². The molecule has 0 bridgehead atoms. The van der Waals surface area contributed by atoms with Crippen molar-refractivity contribution in [2.45, 2.75) is 50.6 Å². The van der Waals surface area contributed by atoms with Gasteiger partial charge in [-0.05, 0) is 74.9 Å². The van der Waals surface area contributed by atoms with Gasteiger partial charge in [-0.15, -0.1) is 11.3 Å². The fraction of sp³-hybridized carbons (Fsp3) is 0.765. The Morgan fingerprint density at radius 2 is 1.95 bits per heavy atom. The number of hydrogen-bond donors (Lipinski definition) is 1. The van der Waals surface area contributed by atoms with Gasteiger partial charge in [0.15, 0.2) is 0 Å². The molecule has 3 heteroatoms. The van der Waals surface area contributed by atoms with Gasteiger partial charge in [-0.2, -0.15) is 0 Å². The fourth-order valence-corrected chi connectivity index (χ4v) is 4.74. The molecule has 3 fully saturated rings. The normalized spacial score (nSPS) is 26.1. The number of nitrogens with zero attached hydrogens (tertiary/aromatic N) is 1. The van der Waals surface area contributed by atoms with Crippen molar-refractivity contribution in [3.05, 3.63) is 22.4 Å². The van der Waals surface area contributed by atoms with Crippen molar-refractivity contribution in [1.29, 1.82) is 0 Å². The Morgan fingerprint density at radius 1 is 1.15 bits per heavy atom. The van der Waals surface area contributed by atoms with Crippen molar-refractivity contribution in [1.82, 2.24) is 10.2 Å². The van der Waals surface area contributed by atoms with E-state index in [0.717, 1.165) is 23.9 Å². The molecule has 1 aliphatic heterocycles. The third kappa shape index (κ3) is 2.95. The summed E-state index contributed by atoms with van der Waals surface area (Å²) in [6.45, 7) is 3.82. The highest BCUT2D eigenvalue weighted by Gasteiger charge is 2.43. The van der Waals surface area contributed by atoms with E-state index in [1.807, 2.05) is 11.3 Å². The molecule has 1 aromatic heterocycles. The minimum Gasteiger partial charge on any atom is -0.317 e. The molecule has 1 aromatic rings. The highest BCUT2D eigenvalue weighted by atomic mass is 32.1. The zero-order valence-electron chi connectivity index (χ0n) is 12.3. The van der Waals surface area contributed by atoms with E-state index in [0.29, 0.717) is 0 Å². The molecule has 2 heterocycles. The molecule has 0 amide bonds. The molecule has 2 nitrogen and oxygen atoms in total. The molecule has 1 saturated heterocycles. The first-order chi connectivity index (χ1) is 9.92. The van der Waals surface area contributed by atoms with Crippen LogP contribution in [-0.2, 0) is 0 Å². The van der Waals surface area contributed by atoms with Gasteiger partial charge in [0.2, 0.25) is 0 Å². The predicted octanol–water partition coefficient (Wildman–Crippen LogP) is 3.66. The van der Waals surface area contributed by atoms with Gasteiger partial charge in [-0.1, -0.05) is 6.07 Å². The summed E-state index contributed by atoms with van der Waals surface area (Å²) in [4.78, 5) is 4.55. The van der Waals surface area contributed by atoms with E-state index >= 15 is 0 Å². The number of rotatable bonds is 6. The fourth-order valence-electron chi connectivity index (χ4n) is 3.80. The maximum absolute atomic E-state index is 3.51. The van der Waals surface area contributed by atoms with Gasteiger partial charge in [0.25, 0.3) is 0 Å². The van der Waals surface area contributed by atoms with Gasteiger partial charge in [0, 0.05) is 23.5 Å². The van der Waals surface area contributed by atoms with E-state index in [1.54, 1.807) is 4.88 Å². The highest BCUT2D eigenvalue weighted by Crippen LogP contribution is 2.49. The summed E-state index contributed by atoms with van der Waals surface area (Å²) in [7, 11) is 0. The van der Waals surface area contributed by atoms with E-state index in [4.69, 9.17) is 0 Å². The number of thiophene rings is 1. The van der Waals surface area contributed by atoms with Crippen LogP contribution in [0.2, 0.25) is 0 Å². The maximum atomic E-state index is 3.51. The molecule has 110 valence electrons. The molecule has 1 N–H and O–H groups in total. The molecule has 3 aliphatic rings. The van der Waals surface area contributed by atoms with Gasteiger partial charge < -0.3 is 5.32 Å². The van der Waals surface area contributed by atoms with Crippen LogP contribution in [-0.4, -0.2) is 30.6 Å². The van der Waals surface area contributed by atoms with Crippen molar-refractivity contribution in [3.63, 3.8) is 0 Å². The Balaban J connectivity index is 1.50. The summed E-state index contributed by atoms with van der Waals surface area (Å²) < 4.78 is 0. The van der Waals surface area contributed by atoms with Gasteiger partial charge >= 0.3 is 0 Å². The first-order valence-electron chi connectivity index (χ1n) is 8.41. The van der Waals surface area contributed by atoms with Crippen LogP contribution >= 0.6 is 11.3 Å². The Bertz CT molecular complexity index is 416. The van der Waals surface area contributed by atoms with Crippen molar-refractivity contribution >= 4 is 11.3 Å². The minimum absolute atomic E-state index is 0.748. The standard InChI is InChI=1S/C17H26N2S/c1-2-16(20-11-1)17(14-3-4-14)19(15-5-6-15)12-13-7-9-18-10-8-13/h1-2,11,13-15,17-18H,3-10,12H2. The summed E-state index contributed by atoms with van der Waals surface area (Å²) >= 11 is 1.98. The molecule has 2 aliphatic carbocycles. The molecule has 0 aromatic carbocycles. The zero-order valence-corrected chi connectivity index (χ0v) is 13.1. The third-order valence-electron chi connectivity index (χ3n) is 5.20. The number of hydrogen-bond acceptors (Lipinski definition) is 3. The monoisotopic (exact) mass is 290 g/mol. The van der Waals surface area contributed by atoms with Crippen LogP contribution in [0.3, 0.4) is 0 Å². The zero-order chi connectivity index (χ0) is 13.4. The van der Waals surface area contributed by atoms with Gasteiger partial charge in [0.1, 0.15) is 0 Å². The largest absolute Gasteiger partial charge is 0.317 e. The lowest BCUT2D eigenvalue weighted by Crippen LogP contribution is -2.39. The molecular formula is C17H26N2S. The highest BCUT2D eigenvalue weighted by molar-refractivity contribution is 7.10. The average Bonchev–Trinajstić information content (AvgIpc) is 3.39. The number of piperidine rings is 1. The number of nitrogens with one attached hydrogen (secondary N) is 1. The smallest absolute Gasteiger partial charge is 0.0472 e. The lowest BCUT2D eigenvalue weighted by molar-refractivity contribution is 0.130. The van der Waals surface area contributed by atoms with E-state index in [1.165, 1.54) is 58.2 Å². The van der Waals surface area contributed by atoms with Crippen LogP contribution in [0.5, 0.6) is 0 Å². The average molecular weight is 290 g/mol. The van der Waals surface area contributed by atoms with Crippen LogP contribution in [0.1, 0.15) is 49.4 Å². The predicted molar refractivity (Wildman–Crippen MR) is 85.1 cm³/mol. The summed E-state index contributed by atoms with van der Waals surface area (Å²) in [5.41, 5.74) is 0. The summed E-state index contributed by atoms with van der Waals surface area (Å²) in [5.74, 6) is 1.88. The molecule has 1 atom stereocenters. The van der Waals surface area contributed by atoms with E-state index in [9.17, 15) is 0 Å². The Hall–Kier alpha value is -0.380. The summed E-state index contributed by atoms with van der Waals surface area (Å²) in [6, 6.07) is 6.27. The second-order valence-corrected chi connectivity index (χ2v) is 7.90. The van der Waals surface area contributed by atoms with Crippen molar-refractivity contribution in [3.8, 4) is 0 Å². The molecule has 0 spiro atoms. The SMILES string of the molecule is c1csc(C(C2CC2)N(CC2CCNCC2)C2CC2)c1. The molecule has 0 radical (unpaired) electrons. The second-order valence-electron chi connectivity index (χ2n) is 6.92. The Morgan fingerprint density at radius 3 is 2.55 bits per heavy atom. The maximum Gasteiger partial charge on any atom is 0.0472 e. The Kier molecular flexibility index (Phi) is 3.84. The van der Waals surface area contributed by atoms with E-state index < -0.39 is 0 Å². The van der Waals surface area contributed by atoms with Crippen molar-refractivity contribution < 1.29 is 0 Å². The minimum atomic E-state index is 0.748. The lowest BCUT2D eigenvalue weighted by Gasteiger charge is -2.36. The summed E-state index contributed by atoms with van der Waals surface area (Å²) in [6.07, 6.45) is 8.56. The Labute approximate surface area is 126 Å².